The van der Waals surface area contributed by atoms with E-state index in [0.29, 0.717) is 5.56 Å². The molecule has 0 aliphatic carbocycles. The zero-order chi connectivity index (χ0) is 21.4. The van der Waals surface area contributed by atoms with E-state index in [4.69, 9.17) is 9.68 Å². The van der Waals surface area contributed by atoms with Gasteiger partial charge in [-0.05, 0) is 30.9 Å². The lowest BCUT2D eigenvalue weighted by Gasteiger charge is -2.14. The summed E-state index contributed by atoms with van der Waals surface area (Å²) in [4.78, 5) is 22.9. The number of carbonyl (C=O) groups excluding carboxylic acids is 1. The molecule has 0 radical (unpaired) electrons. The van der Waals surface area contributed by atoms with Crippen LogP contribution in [-0.2, 0) is 21.1 Å². The standard InChI is InChI=1S/C23H29N3O3/c1-15(2)21(18-12-10-16(3)11-13-18)26-29-14-20-17(4)8-7-9-19(20)22(25-28-6)23(27)24-5/h7-13,15H,14H2,1-6H3,(H,24,27)/b25-22+,26-21+. The highest BCUT2D eigenvalue weighted by atomic mass is 16.6. The second-order valence-corrected chi connectivity index (χ2v) is 7.07. The lowest BCUT2D eigenvalue weighted by atomic mass is 9.98. The van der Waals surface area contributed by atoms with Gasteiger partial charge in [-0.25, -0.2) is 0 Å². The van der Waals surface area contributed by atoms with Crippen molar-refractivity contribution in [2.75, 3.05) is 14.2 Å². The molecule has 0 aromatic heterocycles. The molecule has 154 valence electrons. The Labute approximate surface area is 172 Å². The Morgan fingerprint density at radius 2 is 1.76 bits per heavy atom. The number of hydrogen-bond acceptors (Lipinski definition) is 5. The molecule has 2 aromatic rings. The minimum Gasteiger partial charge on any atom is -0.398 e. The van der Waals surface area contributed by atoms with Crippen LogP contribution in [0.15, 0.2) is 52.8 Å². The Hall–Kier alpha value is -3.15. The van der Waals surface area contributed by atoms with E-state index in [2.05, 4.69) is 48.5 Å². The lowest BCUT2D eigenvalue weighted by molar-refractivity contribution is -0.114. The highest BCUT2D eigenvalue weighted by molar-refractivity contribution is 6.45. The molecule has 0 atom stereocenters. The monoisotopic (exact) mass is 395 g/mol. The minimum atomic E-state index is -0.329. The molecular weight excluding hydrogens is 366 g/mol. The number of nitrogens with one attached hydrogen (secondary N) is 1. The van der Waals surface area contributed by atoms with Gasteiger partial charge in [-0.2, -0.15) is 0 Å². The van der Waals surface area contributed by atoms with Crippen LogP contribution in [0.25, 0.3) is 0 Å². The summed E-state index contributed by atoms with van der Waals surface area (Å²) >= 11 is 0. The first-order chi connectivity index (χ1) is 13.9. The fourth-order valence-corrected chi connectivity index (χ4v) is 2.92. The molecule has 0 saturated carbocycles. The van der Waals surface area contributed by atoms with Crippen LogP contribution in [0.1, 0.15) is 41.7 Å². The molecule has 0 fully saturated rings. The zero-order valence-corrected chi connectivity index (χ0v) is 17.9. The third-order valence-electron chi connectivity index (χ3n) is 4.56. The number of aryl methyl sites for hydroxylation is 2. The highest BCUT2D eigenvalue weighted by Crippen LogP contribution is 2.18. The van der Waals surface area contributed by atoms with Crippen LogP contribution in [0.5, 0.6) is 0 Å². The fraction of sp³-hybridized carbons (Fsp3) is 0.348. The third-order valence-corrected chi connectivity index (χ3v) is 4.56. The minimum absolute atomic E-state index is 0.198. The molecule has 1 amide bonds. The van der Waals surface area contributed by atoms with Gasteiger partial charge in [0.15, 0.2) is 5.71 Å². The van der Waals surface area contributed by atoms with Crippen molar-refractivity contribution in [3.63, 3.8) is 0 Å². The maximum atomic E-state index is 12.3. The van der Waals surface area contributed by atoms with Gasteiger partial charge in [0.1, 0.15) is 13.7 Å². The Morgan fingerprint density at radius 3 is 2.34 bits per heavy atom. The Kier molecular flexibility index (Phi) is 7.95. The molecule has 29 heavy (non-hydrogen) atoms. The molecule has 0 aliphatic rings. The van der Waals surface area contributed by atoms with Crippen molar-refractivity contribution < 1.29 is 14.5 Å². The molecule has 0 unspecified atom stereocenters. The van der Waals surface area contributed by atoms with Gasteiger partial charge in [0.25, 0.3) is 5.91 Å². The molecule has 0 spiro atoms. The summed E-state index contributed by atoms with van der Waals surface area (Å²) in [5, 5.41) is 10.9. The van der Waals surface area contributed by atoms with E-state index >= 15 is 0 Å². The lowest BCUT2D eigenvalue weighted by Crippen LogP contribution is -2.29. The quantitative estimate of drug-likeness (QED) is 0.543. The van der Waals surface area contributed by atoms with E-state index in [1.165, 1.54) is 12.7 Å². The van der Waals surface area contributed by atoms with Gasteiger partial charge in [-0.3, -0.25) is 4.79 Å². The van der Waals surface area contributed by atoms with Crippen molar-refractivity contribution in [2.45, 2.75) is 34.3 Å². The van der Waals surface area contributed by atoms with E-state index in [1.807, 2.05) is 37.3 Å². The maximum Gasteiger partial charge on any atom is 0.273 e. The van der Waals surface area contributed by atoms with Gasteiger partial charge >= 0.3 is 0 Å². The summed E-state index contributed by atoms with van der Waals surface area (Å²) in [5.74, 6) is -0.129. The van der Waals surface area contributed by atoms with E-state index in [9.17, 15) is 4.79 Å². The number of amides is 1. The summed E-state index contributed by atoms with van der Waals surface area (Å²) in [6, 6.07) is 13.9. The van der Waals surface area contributed by atoms with Crippen LogP contribution in [0.4, 0.5) is 0 Å². The van der Waals surface area contributed by atoms with Gasteiger partial charge < -0.3 is 15.0 Å². The first kappa shape index (κ1) is 22.1. The van der Waals surface area contributed by atoms with E-state index in [1.54, 1.807) is 7.05 Å². The number of hydrogen-bond donors (Lipinski definition) is 1. The molecule has 0 aliphatic heterocycles. The summed E-state index contributed by atoms with van der Waals surface area (Å²) < 4.78 is 0. The Balaban J connectivity index is 2.34. The van der Waals surface area contributed by atoms with Crippen LogP contribution in [0, 0.1) is 19.8 Å². The van der Waals surface area contributed by atoms with Gasteiger partial charge in [0.05, 0.1) is 5.71 Å². The summed E-state index contributed by atoms with van der Waals surface area (Å²) in [7, 11) is 2.97. The van der Waals surface area contributed by atoms with Gasteiger partial charge in [0.2, 0.25) is 0 Å². The Morgan fingerprint density at radius 1 is 1.07 bits per heavy atom. The fourth-order valence-electron chi connectivity index (χ4n) is 2.92. The van der Waals surface area contributed by atoms with Crippen molar-refractivity contribution in [1.82, 2.24) is 5.32 Å². The van der Waals surface area contributed by atoms with Crippen molar-refractivity contribution in [3.05, 3.63) is 70.3 Å². The van der Waals surface area contributed by atoms with Gasteiger partial charge in [-0.1, -0.05) is 72.2 Å². The van der Waals surface area contributed by atoms with Crippen molar-refractivity contribution in [3.8, 4) is 0 Å². The molecule has 0 bridgehead atoms. The maximum absolute atomic E-state index is 12.3. The van der Waals surface area contributed by atoms with Crippen LogP contribution in [0.2, 0.25) is 0 Å². The average Bonchev–Trinajstić information content (AvgIpc) is 2.70. The number of carbonyl (C=O) groups is 1. The van der Waals surface area contributed by atoms with E-state index in [-0.39, 0.29) is 24.1 Å². The molecule has 1 N–H and O–H groups in total. The smallest absolute Gasteiger partial charge is 0.273 e. The molecule has 6 heteroatoms. The largest absolute Gasteiger partial charge is 0.398 e. The SMILES string of the molecule is CNC(=O)/C(=N/OC)c1cccc(C)c1CO/N=C(/c1ccc(C)cc1)C(C)C. The molecule has 0 saturated heterocycles. The molecule has 6 nitrogen and oxygen atoms in total. The van der Waals surface area contributed by atoms with Gasteiger partial charge in [-0.15, -0.1) is 0 Å². The summed E-state index contributed by atoms with van der Waals surface area (Å²) in [6.07, 6.45) is 0. The van der Waals surface area contributed by atoms with Crippen LogP contribution in [-0.4, -0.2) is 31.5 Å². The van der Waals surface area contributed by atoms with Crippen LogP contribution >= 0.6 is 0 Å². The number of oxime groups is 2. The van der Waals surface area contributed by atoms with Crippen LogP contribution in [0.3, 0.4) is 0 Å². The van der Waals surface area contributed by atoms with E-state index < -0.39 is 0 Å². The van der Waals surface area contributed by atoms with Gasteiger partial charge in [0, 0.05) is 18.2 Å². The molecule has 2 aromatic carbocycles. The molecule has 2 rings (SSSR count). The summed E-state index contributed by atoms with van der Waals surface area (Å²) in [5.41, 5.74) is 5.77. The van der Waals surface area contributed by atoms with Crippen molar-refractivity contribution >= 4 is 17.3 Å². The number of benzene rings is 2. The first-order valence-electron chi connectivity index (χ1n) is 9.58. The average molecular weight is 396 g/mol. The normalized spacial score (nSPS) is 12.1. The van der Waals surface area contributed by atoms with E-state index in [0.717, 1.165) is 22.4 Å². The van der Waals surface area contributed by atoms with Crippen molar-refractivity contribution in [1.29, 1.82) is 0 Å². The van der Waals surface area contributed by atoms with Crippen molar-refractivity contribution in [2.24, 2.45) is 16.2 Å². The third kappa shape index (κ3) is 5.67. The molecule has 0 heterocycles. The number of rotatable bonds is 8. The highest BCUT2D eigenvalue weighted by Gasteiger charge is 2.19. The number of nitrogens with zero attached hydrogens (tertiary/aromatic N) is 2. The zero-order valence-electron chi connectivity index (χ0n) is 17.9. The molecular formula is C23H29N3O3. The summed E-state index contributed by atoms with van der Waals surface area (Å²) in [6.45, 7) is 8.39. The predicted octanol–water partition coefficient (Wildman–Crippen LogP) is 3.98. The number of likely N-dealkylation sites (N-methyl/N-ethyl adjacent to an activating group) is 1. The Bertz CT molecular complexity index is 900. The predicted molar refractivity (Wildman–Crippen MR) is 116 cm³/mol. The topological polar surface area (TPSA) is 72.3 Å². The first-order valence-corrected chi connectivity index (χ1v) is 9.58. The second-order valence-electron chi connectivity index (χ2n) is 7.07. The van der Waals surface area contributed by atoms with Crippen LogP contribution < -0.4 is 5.32 Å². The second kappa shape index (κ2) is 10.4.